The number of rotatable bonds is 4. The van der Waals surface area contributed by atoms with Gasteiger partial charge in [-0.1, -0.05) is 30.3 Å². The molecule has 96 valence electrons. The van der Waals surface area contributed by atoms with Crippen LogP contribution in [0.2, 0.25) is 0 Å². The molecule has 0 saturated carbocycles. The predicted molar refractivity (Wildman–Crippen MR) is 56.5 cm³/mol. The van der Waals surface area contributed by atoms with E-state index in [1.165, 1.54) is 7.05 Å². The first-order valence-electron chi connectivity index (χ1n) is 4.61. The van der Waals surface area contributed by atoms with Gasteiger partial charge in [0.1, 0.15) is 0 Å². The zero-order valence-electron chi connectivity index (χ0n) is 8.84. The van der Waals surface area contributed by atoms with Crippen molar-refractivity contribution < 1.29 is 22.0 Å². The summed E-state index contributed by atoms with van der Waals surface area (Å²) in [5.41, 5.74) is 0.667. The molecule has 1 aromatic rings. The SMILES string of the molecule is CN(Cc1ccccc1)SC(F)(F)C(F)(F)F. The standard InChI is InChI=1S/C10H10F5NS/c1-16(7-8-5-3-2-4-6-8)17-10(14,15)9(11,12)13/h2-6H,7H2,1H3. The lowest BCUT2D eigenvalue weighted by Gasteiger charge is -2.24. The van der Waals surface area contributed by atoms with E-state index in [2.05, 4.69) is 0 Å². The third-order valence-electron chi connectivity index (χ3n) is 1.85. The maximum absolute atomic E-state index is 12.7. The van der Waals surface area contributed by atoms with Gasteiger partial charge in [0.2, 0.25) is 0 Å². The molecule has 0 N–H and O–H groups in total. The molecule has 1 aromatic carbocycles. The lowest BCUT2D eigenvalue weighted by Crippen LogP contribution is -2.35. The maximum Gasteiger partial charge on any atom is 0.465 e. The van der Waals surface area contributed by atoms with Crippen LogP contribution in [-0.2, 0) is 6.54 Å². The van der Waals surface area contributed by atoms with Crippen LogP contribution in [0.25, 0.3) is 0 Å². The Morgan fingerprint density at radius 2 is 1.59 bits per heavy atom. The summed E-state index contributed by atoms with van der Waals surface area (Å²) in [6.45, 7) is 0.0111. The van der Waals surface area contributed by atoms with E-state index in [0.29, 0.717) is 5.56 Å². The summed E-state index contributed by atoms with van der Waals surface area (Å²) in [6, 6.07) is 8.43. The highest BCUT2D eigenvalue weighted by atomic mass is 32.2. The zero-order chi connectivity index (χ0) is 13.1. The van der Waals surface area contributed by atoms with Crippen molar-refractivity contribution in [3.8, 4) is 0 Å². The second-order valence-electron chi connectivity index (χ2n) is 3.38. The van der Waals surface area contributed by atoms with Gasteiger partial charge in [-0.3, -0.25) is 0 Å². The Morgan fingerprint density at radius 3 is 2.06 bits per heavy atom. The van der Waals surface area contributed by atoms with Crippen molar-refractivity contribution in [2.75, 3.05) is 7.05 Å². The monoisotopic (exact) mass is 271 g/mol. The summed E-state index contributed by atoms with van der Waals surface area (Å²) in [5, 5.41) is -4.77. The van der Waals surface area contributed by atoms with E-state index in [1.807, 2.05) is 0 Å². The molecule has 0 aromatic heterocycles. The number of hydrogen-bond donors (Lipinski definition) is 0. The highest BCUT2D eigenvalue weighted by Crippen LogP contribution is 2.45. The van der Waals surface area contributed by atoms with Crippen molar-refractivity contribution in [3.05, 3.63) is 35.9 Å². The van der Waals surface area contributed by atoms with Gasteiger partial charge in [-0.05, 0) is 12.6 Å². The second kappa shape index (κ2) is 5.22. The summed E-state index contributed by atoms with van der Waals surface area (Å²) >= 11 is -0.521. The Morgan fingerprint density at radius 1 is 1.06 bits per heavy atom. The molecule has 1 nitrogen and oxygen atoms in total. The first-order valence-corrected chi connectivity index (χ1v) is 5.38. The summed E-state index contributed by atoms with van der Waals surface area (Å²) in [6.07, 6.45) is -5.54. The molecule has 0 atom stereocenters. The fraction of sp³-hybridized carbons (Fsp3) is 0.400. The van der Waals surface area contributed by atoms with Gasteiger partial charge in [-0.25, -0.2) is 4.31 Å². The van der Waals surface area contributed by atoms with Crippen molar-refractivity contribution in [2.24, 2.45) is 0 Å². The number of benzene rings is 1. The van der Waals surface area contributed by atoms with E-state index in [1.54, 1.807) is 30.3 Å². The molecule has 0 saturated heterocycles. The van der Waals surface area contributed by atoms with Crippen molar-refractivity contribution >= 4 is 11.9 Å². The van der Waals surface area contributed by atoms with Crippen LogP contribution < -0.4 is 0 Å². The molecular weight excluding hydrogens is 261 g/mol. The topological polar surface area (TPSA) is 3.24 Å². The van der Waals surface area contributed by atoms with Crippen LogP contribution >= 0.6 is 11.9 Å². The van der Waals surface area contributed by atoms with E-state index in [4.69, 9.17) is 0 Å². The van der Waals surface area contributed by atoms with Gasteiger partial charge in [0.15, 0.2) is 0 Å². The van der Waals surface area contributed by atoms with Crippen molar-refractivity contribution in [2.45, 2.75) is 18.0 Å². The molecular formula is C10H10F5NS. The molecule has 0 heterocycles. The number of alkyl halides is 5. The third-order valence-corrected chi connectivity index (χ3v) is 2.75. The first-order chi connectivity index (χ1) is 7.72. The maximum atomic E-state index is 12.7. The van der Waals surface area contributed by atoms with Gasteiger partial charge >= 0.3 is 11.4 Å². The highest BCUT2D eigenvalue weighted by molar-refractivity contribution is 7.98. The first kappa shape index (κ1) is 14.2. The van der Waals surface area contributed by atoms with E-state index >= 15 is 0 Å². The molecule has 0 aliphatic carbocycles. The molecule has 0 fully saturated rings. The van der Waals surface area contributed by atoms with Crippen LogP contribution in [-0.4, -0.2) is 22.8 Å². The molecule has 0 spiro atoms. The second-order valence-corrected chi connectivity index (χ2v) is 4.70. The molecule has 0 radical (unpaired) electrons. The minimum atomic E-state index is -5.54. The molecule has 0 amide bonds. The fourth-order valence-electron chi connectivity index (χ4n) is 1.12. The summed E-state index contributed by atoms with van der Waals surface area (Å²) in [4.78, 5) is 0. The van der Waals surface area contributed by atoms with Gasteiger partial charge in [0.25, 0.3) is 0 Å². The smallest absolute Gasteiger partial charge is 0.244 e. The van der Waals surface area contributed by atoms with Crippen molar-refractivity contribution in [1.29, 1.82) is 0 Å². The Hall–Kier alpha value is -0.820. The van der Waals surface area contributed by atoms with Gasteiger partial charge in [-0.2, -0.15) is 22.0 Å². The van der Waals surface area contributed by atoms with Crippen molar-refractivity contribution in [3.63, 3.8) is 0 Å². The van der Waals surface area contributed by atoms with Crippen LogP contribution in [0.5, 0.6) is 0 Å². The average molecular weight is 271 g/mol. The molecule has 0 bridgehead atoms. The summed E-state index contributed by atoms with van der Waals surface area (Å²) < 4.78 is 62.0. The Bertz CT molecular complexity index is 351. The fourth-order valence-corrected chi connectivity index (χ4v) is 1.83. The van der Waals surface area contributed by atoms with Crippen molar-refractivity contribution in [1.82, 2.24) is 4.31 Å². The average Bonchev–Trinajstić information content (AvgIpc) is 2.16. The normalized spacial score (nSPS) is 13.1. The Kier molecular flexibility index (Phi) is 4.37. The molecule has 7 heteroatoms. The van der Waals surface area contributed by atoms with Crippen LogP contribution in [0.4, 0.5) is 22.0 Å². The number of nitrogens with zero attached hydrogens (tertiary/aromatic N) is 1. The van der Waals surface area contributed by atoms with Gasteiger partial charge < -0.3 is 0 Å². The number of hydrogen-bond acceptors (Lipinski definition) is 2. The third kappa shape index (κ3) is 4.16. The van der Waals surface area contributed by atoms with Gasteiger partial charge in [-0.15, -0.1) is 0 Å². The largest absolute Gasteiger partial charge is 0.465 e. The minimum absolute atomic E-state index is 0.0111. The van der Waals surface area contributed by atoms with E-state index in [-0.39, 0.29) is 6.54 Å². The molecule has 0 unspecified atom stereocenters. The van der Waals surface area contributed by atoms with E-state index in [0.717, 1.165) is 4.31 Å². The highest BCUT2D eigenvalue weighted by Gasteiger charge is 2.59. The van der Waals surface area contributed by atoms with Crippen LogP contribution in [0.3, 0.4) is 0 Å². The van der Waals surface area contributed by atoms with Gasteiger partial charge in [0, 0.05) is 18.5 Å². The minimum Gasteiger partial charge on any atom is -0.244 e. The number of halogens is 5. The van der Waals surface area contributed by atoms with Crippen LogP contribution in [0.15, 0.2) is 30.3 Å². The van der Waals surface area contributed by atoms with Crippen LogP contribution in [0, 0.1) is 0 Å². The lowest BCUT2D eigenvalue weighted by atomic mass is 10.2. The summed E-state index contributed by atoms with van der Waals surface area (Å²) in [5.74, 6) is 0. The van der Waals surface area contributed by atoms with E-state index in [9.17, 15) is 22.0 Å². The van der Waals surface area contributed by atoms with E-state index < -0.39 is 23.4 Å². The van der Waals surface area contributed by atoms with Crippen LogP contribution in [0.1, 0.15) is 5.56 Å². The zero-order valence-corrected chi connectivity index (χ0v) is 9.66. The molecule has 1 rings (SSSR count). The molecule has 0 aliphatic heterocycles. The Balaban J connectivity index is 2.59. The molecule has 17 heavy (non-hydrogen) atoms. The quantitative estimate of drug-likeness (QED) is 0.603. The predicted octanol–water partition coefficient (Wildman–Crippen LogP) is 3.92. The molecule has 0 aliphatic rings. The lowest BCUT2D eigenvalue weighted by molar-refractivity contribution is -0.238. The summed E-state index contributed by atoms with van der Waals surface area (Å²) in [7, 11) is 1.19. The Labute approximate surface area is 99.7 Å². The van der Waals surface area contributed by atoms with Gasteiger partial charge in [0.05, 0.1) is 0 Å².